The predicted octanol–water partition coefficient (Wildman–Crippen LogP) is 5.05. The van der Waals surface area contributed by atoms with Crippen molar-refractivity contribution < 1.29 is 9.13 Å². The van der Waals surface area contributed by atoms with Gasteiger partial charge in [-0.05, 0) is 48.6 Å². The van der Waals surface area contributed by atoms with Gasteiger partial charge in [-0.3, -0.25) is 0 Å². The largest absolute Gasteiger partial charge is 0.497 e. The van der Waals surface area contributed by atoms with Crippen LogP contribution in [0, 0.1) is 11.7 Å². The standard InChI is InChI=1S/C17H17ClFNO/c1-21-14-8-9-15(19)16(10-14)20-17(11-2-3-11)12-4-6-13(18)7-5-12/h4-11,17,20H,2-3H2,1H3. The second-order valence-electron chi connectivity index (χ2n) is 5.36. The van der Waals surface area contributed by atoms with Gasteiger partial charge in [0.25, 0.3) is 0 Å². The number of hydrogen-bond donors (Lipinski definition) is 1. The molecule has 0 radical (unpaired) electrons. The summed E-state index contributed by atoms with van der Waals surface area (Å²) >= 11 is 5.94. The monoisotopic (exact) mass is 305 g/mol. The SMILES string of the molecule is COc1ccc(F)c(NC(c2ccc(Cl)cc2)C2CC2)c1. The number of hydrogen-bond acceptors (Lipinski definition) is 2. The first-order chi connectivity index (χ1) is 10.2. The maximum absolute atomic E-state index is 14.0. The van der Waals surface area contributed by atoms with Crippen LogP contribution in [0.15, 0.2) is 42.5 Å². The Labute approximate surface area is 128 Å². The lowest BCUT2D eigenvalue weighted by molar-refractivity contribution is 0.414. The lowest BCUT2D eigenvalue weighted by Gasteiger charge is -2.21. The van der Waals surface area contributed by atoms with Crippen LogP contribution in [0.2, 0.25) is 5.02 Å². The summed E-state index contributed by atoms with van der Waals surface area (Å²) in [4.78, 5) is 0. The zero-order valence-corrected chi connectivity index (χ0v) is 12.5. The number of benzene rings is 2. The Morgan fingerprint density at radius 3 is 2.52 bits per heavy atom. The van der Waals surface area contributed by atoms with Gasteiger partial charge < -0.3 is 10.1 Å². The Bertz CT molecular complexity index is 625. The van der Waals surface area contributed by atoms with E-state index in [4.69, 9.17) is 16.3 Å². The lowest BCUT2D eigenvalue weighted by atomic mass is 10.0. The van der Waals surface area contributed by atoms with Crippen molar-refractivity contribution >= 4 is 17.3 Å². The van der Waals surface area contributed by atoms with Crippen molar-refractivity contribution in [3.05, 3.63) is 58.9 Å². The first-order valence-corrected chi connectivity index (χ1v) is 7.40. The molecule has 0 bridgehead atoms. The van der Waals surface area contributed by atoms with Crippen LogP contribution in [-0.2, 0) is 0 Å². The van der Waals surface area contributed by atoms with E-state index >= 15 is 0 Å². The van der Waals surface area contributed by atoms with Crippen LogP contribution in [0.25, 0.3) is 0 Å². The second-order valence-corrected chi connectivity index (χ2v) is 5.79. The Hall–Kier alpha value is -1.74. The molecular weight excluding hydrogens is 289 g/mol. The van der Waals surface area contributed by atoms with Gasteiger partial charge in [0.1, 0.15) is 11.6 Å². The van der Waals surface area contributed by atoms with E-state index in [2.05, 4.69) is 5.32 Å². The van der Waals surface area contributed by atoms with E-state index in [0.717, 1.165) is 18.4 Å². The number of rotatable bonds is 5. The highest BCUT2D eigenvalue weighted by Crippen LogP contribution is 2.43. The molecule has 3 rings (SSSR count). The molecule has 0 amide bonds. The fraction of sp³-hybridized carbons (Fsp3) is 0.294. The smallest absolute Gasteiger partial charge is 0.146 e. The van der Waals surface area contributed by atoms with Crippen molar-refractivity contribution in [2.45, 2.75) is 18.9 Å². The molecule has 1 aliphatic rings. The number of anilines is 1. The van der Waals surface area contributed by atoms with Crippen molar-refractivity contribution in [2.24, 2.45) is 5.92 Å². The van der Waals surface area contributed by atoms with Crippen molar-refractivity contribution in [1.82, 2.24) is 0 Å². The second kappa shape index (κ2) is 5.94. The highest BCUT2D eigenvalue weighted by Gasteiger charge is 2.32. The van der Waals surface area contributed by atoms with Crippen molar-refractivity contribution in [3.63, 3.8) is 0 Å². The highest BCUT2D eigenvalue weighted by atomic mass is 35.5. The fourth-order valence-corrected chi connectivity index (χ4v) is 2.61. The van der Waals surface area contributed by atoms with E-state index in [9.17, 15) is 4.39 Å². The van der Waals surface area contributed by atoms with Gasteiger partial charge in [0.2, 0.25) is 0 Å². The molecule has 1 fully saturated rings. The minimum atomic E-state index is -0.268. The molecular formula is C17H17ClFNO. The molecule has 21 heavy (non-hydrogen) atoms. The van der Waals surface area contributed by atoms with Crippen LogP contribution in [0.5, 0.6) is 5.75 Å². The Morgan fingerprint density at radius 2 is 1.90 bits per heavy atom. The maximum atomic E-state index is 14.0. The number of methoxy groups -OCH3 is 1. The third-order valence-corrected chi connectivity index (χ3v) is 4.06. The Kier molecular flexibility index (Phi) is 4.02. The first-order valence-electron chi connectivity index (χ1n) is 7.03. The van der Waals surface area contributed by atoms with Gasteiger partial charge >= 0.3 is 0 Å². The topological polar surface area (TPSA) is 21.3 Å². The molecule has 0 aromatic heterocycles. The quantitative estimate of drug-likeness (QED) is 0.834. The van der Waals surface area contributed by atoms with Crippen molar-refractivity contribution in [3.8, 4) is 5.75 Å². The van der Waals surface area contributed by atoms with E-state index in [-0.39, 0.29) is 11.9 Å². The molecule has 0 aliphatic heterocycles. The van der Waals surface area contributed by atoms with Gasteiger partial charge in [-0.25, -0.2) is 4.39 Å². The van der Waals surface area contributed by atoms with Gasteiger partial charge in [-0.1, -0.05) is 23.7 Å². The van der Waals surface area contributed by atoms with Gasteiger partial charge in [0.15, 0.2) is 0 Å². The molecule has 2 nitrogen and oxygen atoms in total. The van der Waals surface area contributed by atoms with Crippen molar-refractivity contribution in [2.75, 3.05) is 12.4 Å². The minimum absolute atomic E-state index is 0.101. The Balaban J connectivity index is 1.87. The Morgan fingerprint density at radius 1 is 1.19 bits per heavy atom. The molecule has 1 saturated carbocycles. The molecule has 1 N–H and O–H groups in total. The third-order valence-electron chi connectivity index (χ3n) is 3.81. The summed E-state index contributed by atoms with van der Waals surface area (Å²) in [6, 6.07) is 12.6. The summed E-state index contributed by atoms with van der Waals surface area (Å²) in [5.41, 5.74) is 1.60. The first kappa shape index (κ1) is 14.2. The molecule has 110 valence electrons. The van der Waals surface area contributed by atoms with Crippen LogP contribution in [0.1, 0.15) is 24.4 Å². The highest BCUT2D eigenvalue weighted by molar-refractivity contribution is 6.30. The summed E-state index contributed by atoms with van der Waals surface area (Å²) in [7, 11) is 1.58. The minimum Gasteiger partial charge on any atom is -0.497 e. The maximum Gasteiger partial charge on any atom is 0.146 e. The fourth-order valence-electron chi connectivity index (χ4n) is 2.48. The van der Waals surface area contributed by atoms with Crippen LogP contribution >= 0.6 is 11.6 Å². The normalized spacial score (nSPS) is 15.6. The predicted molar refractivity (Wildman–Crippen MR) is 83.5 cm³/mol. The van der Waals surface area contributed by atoms with Gasteiger partial charge in [-0.2, -0.15) is 0 Å². The molecule has 0 saturated heterocycles. The molecule has 1 unspecified atom stereocenters. The van der Waals surface area contributed by atoms with Crippen molar-refractivity contribution in [1.29, 1.82) is 0 Å². The summed E-state index contributed by atoms with van der Waals surface area (Å²) in [6.45, 7) is 0. The van der Waals surface area contributed by atoms with Gasteiger partial charge in [-0.15, -0.1) is 0 Å². The van der Waals surface area contributed by atoms with E-state index in [1.807, 2.05) is 24.3 Å². The molecule has 0 spiro atoms. The summed E-state index contributed by atoms with van der Waals surface area (Å²) in [5, 5.41) is 4.03. The van der Waals surface area contributed by atoms with Crippen LogP contribution in [-0.4, -0.2) is 7.11 Å². The molecule has 4 heteroatoms. The van der Waals surface area contributed by atoms with Crippen LogP contribution in [0.4, 0.5) is 10.1 Å². The third kappa shape index (κ3) is 3.30. The number of ether oxygens (including phenoxy) is 1. The summed E-state index contributed by atoms with van der Waals surface area (Å²) < 4.78 is 19.2. The van der Waals surface area contributed by atoms with E-state index in [1.54, 1.807) is 19.2 Å². The lowest BCUT2D eigenvalue weighted by Crippen LogP contribution is -2.14. The van der Waals surface area contributed by atoms with E-state index < -0.39 is 0 Å². The molecule has 1 atom stereocenters. The number of nitrogens with one attached hydrogen (secondary N) is 1. The van der Waals surface area contributed by atoms with E-state index in [0.29, 0.717) is 22.4 Å². The summed E-state index contributed by atoms with van der Waals surface area (Å²) in [6.07, 6.45) is 2.32. The molecule has 2 aromatic carbocycles. The van der Waals surface area contributed by atoms with Crippen LogP contribution < -0.4 is 10.1 Å². The van der Waals surface area contributed by atoms with Gasteiger partial charge in [0, 0.05) is 11.1 Å². The molecule has 0 heterocycles. The molecule has 2 aromatic rings. The summed E-state index contributed by atoms with van der Waals surface area (Å²) in [5.74, 6) is 0.914. The molecule has 1 aliphatic carbocycles. The average molecular weight is 306 g/mol. The van der Waals surface area contributed by atoms with Crippen LogP contribution in [0.3, 0.4) is 0 Å². The van der Waals surface area contributed by atoms with Gasteiger partial charge in [0.05, 0.1) is 18.8 Å². The number of halogens is 2. The zero-order chi connectivity index (χ0) is 14.8. The zero-order valence-electron chi connectivity index (χ0n) is 11.8. The van der Waals surface area contributed by atoms with E-state index in [1.165, 1.54) is 6.07 Å². The average Bonchev–Trinajstić information content (AvgIpc) is 3.32.